The molecule has 0 bridgehead atoms. The van der Waals surface area contributed by atoms with Crippen LogP contribution < -0.4 is 10.5 Å². The Morgan fingerprint density at radius 3 is 2.30 bits per heavy atom. The number of nitrogen functional groups attached to an aromatic ring is 1. The van der Waals surface area contributed by atoms with Gasteiger partial charge in [-0.1, -0.05) is 0 Å². The summed E-state index contributed by atoms with van der Waals surface area (Å²) in [5, 5.41) is 0. The number of hydrogen-bond donors (Lipinski definition) is 2. The summed E-state index contributed by atoms with van der Waals surface area (Å²) < 4.78 is 27.2. The molecule has 0 spiro atoms. The number of hydrogen-bond acceptors (Lipinski definition) is 4. The lowest BCUT2D eigenvalue weighted by atomic mass is 10.2. The zero-order valence-electron chi connectivity index (χ0n) is 11.3. The molecule has 0 saturated heterocycles. The van der Waals surface area contributed by atoms with E-state index in [0.29, 0.717) is 16.9 Å². The molecule has 2 aromatic rings. The molecule has 0 aromatic heterocycles. The molecule has 0 aliphatic heterocycles. The summed E-state index contributed by atoms with van der Waals surface area (Å²) in [5.74, 6) is 0. The second-order valence-corrected chi connectivity index (χ2v) is 6.89. The molecule has 3 N–H and O–H groups in total. The Balaban J connectivity index is 2.30. The number of aryl methyl sites for hydroxylation is 1. The molecule has 2 aromatic carbocycles. The lowest BCUT2D eigenvalue weighted by molar-refractivity contribution is 0.600. The normalized spacial score (nSPS) is 11.3. The Bertz CT molecular complexity index is 710. The summed E-state index contributed by atoms with van der Waals surface area (Å²) in [6.45, 7) is 1.72. The van der Waals surface area contributed by atoms with Crippen LogP contribution in [-0.4, -0.2) is 14.7 Å². The fraction of sp³-hybridized carbons (Fsp3) is 0.143. The Morgan fingerprint density at radius 2 is 1.75 bits per heavy atom. The van der Waals surface area contributed by atoms with Gasteiger partial charge in [-0.2, -0.15) is 0 Å². The molecule has 6 heteroatoms. The van der Waals surface area contributed by atoms with E-state index in [1.165, 1.54) is 6.07 Å². The first-order chi connectivity index (χ1) is 9.42. The van der Waals surface area contributed by atoms with Gasteiger partial charge < -0.3 is 5.73 Å². The van der Waals surface area contributed by atoms with Crippen molar-refractivity contribution in [3.05, 3.63) is 48.0 Å². The zero-order valence-corrected chi connectivity index (χ0v) is 12.9. The van der Waals surface area contributed by atoms with Crippen LogP contribution in [0.25, 0.3) is 0 Å². The monoisotopic (exact) mass is 308 g/mol. The minimum atomic E-state index is -3.59. The predicted octanol–water partition coefficient (Wildman–Crippen LogP) is 3.10. The number of thioether (sulfide) groups is 1. The summed E-state index contributed by atoms with van der Waals surface area (Å²) in [6, 6.07) is 12.0. The van der Waals surface area contributed by atoms with E-state index in [4.69, 9.17) is 5.73 Å². The molecule has 106 valence electrons. The summed E-state index contributed by atoms with van der Waals surface area (Å²) >= 11 is 1.60. The average molecular weight is 308 g/mol. The van der Waals surface area contributed by atoms with Crippen LogP contribution in [0.5, 0.6) is 0 Å². The second-order valence-electron chi connectivity index (χ2n) is 4.36. The number of sulfonamides is 1. The van der Waals surface area contributed by atoms with Gasteiger partial charge in [0.15, 0.2) is 0 Å². The van der Waals surface area contributed by atoms with Crippen LogP contribution in [-0.2, 0) is 10.0 Å². The zero-order chi connectivity index (χ0) is 14.8. The highest BCUT2D eigenvalue weighted by Crippen LogP contribution is 2.23. The smallest absolute Gasteiger partial charge is 0.262 e. The SMILES string of the molecule is CSc1ccc(NS(=O)(=O)c2ccc(N)cc2C)cc1. The number of benzene rings is 2. The first-order valence-electron chi connectivity index (χ1n) is 5.95. The highest BCUT2D eigenvalue weighted by molar-refractivity contribution is 7.98. The molecular formula is C14H16N2O2S2. The van der Waals surface area contributed by atoms with Gasteiger partial charge in [-0.3, -0.25) is 4.72 Å². The maximum atomic E-state index is 12.3. The largest absolute Gasteiger partial charge is 0.399 e. The van der Waals surface area contributed by atoms with E-state index in [0.717, 1.165) is 4.90 Å². The summed E-state index contributed by atoms with van der Waals surface area (Å²) in [4.78, 5) is 1.32. The third-order valence-corrected chi connectivity index (χ3v) is 5.12. The van der Waals surface area contributed by atoms with Crippen LogP contribution in [0.4, 0.5) is 11.4 Å². The third kappa shape index (κ3) is 3.26. The molecule has 0 radical (unpaired) electrons. The molecule has 0 saturated carbocycles. The summed E-state index contributed by atoms with van der Waals surface area (Å²) in [7, 11) is -3.59. The quantitative estimate of drug-likeness (QED) is 0.672. The first kappa shape index (κ1) is 14.7. The molecule has 0 aliphatic rings. The Kier molecular flexibility index (Phi) is 4.25. The van der Waals surface area contributed by atoms with Crippen molar-refractivity contribution in [2.24, 2.45) is 0 Å². The highest BCUT2D eigenvalue weighted by Gasteiger charge is 2.16. The van der Waals surface area contributed by atoms with E-state index >= 15 is 0 Å². The van der Waals surface area contributed by atoms with Crippen LogP contribution in [0.15, 0.2) is 52.3 Å². The molecule has 4 nitrogen and oxygen atoms in total. The van der Waals surface area contributed by atoms with Gasteiger partial charge in [0.05, 0.1) is 4.90 Å². The van der Waals surface area contributed by atoms with Crippen molar-refractivity contribution in [3.8, 4) is 0 Å². The minimum Gasteiger partial charge on any atom is -0.399 e. The lowest BCUT2D eigenvalue weighted by Crippen LogP contribution is -2.14. The number of anilines is 2. The van der Waals surface area contributed by atoms with E-state index in [2.05, 4.69) is 4.72 Å². The van der Waals surface area contributed by atoms with Crippen molar-refractivity contribution in [3.63, 3.8) is 0 Å². The summed E-state index contributed by atoms with van der Waals surface area (Å²) in [5.41, 5.74) is 7.35. The van der Waals surface area contributed by atoms with Gasteiger partial charge in [0.1, 0.15) is 0 Å². The Labute approximate surface area is 123 Å². The average Bonchev–Trinajstić information content (AvgIpc) is 2.38. The molecule has 20 heavy (non-hydrogen) atoms. The van der Waals surface area contributed by atoms with E-state index in [1.807, 2.05) is 18.4 Å². The van der Waals surface area contributed by atoms with Crippen LogP contribution in [0.1, 0.15) is 5.56 Å². The fourth-order valence-corrected chi connectivity index (χ4v) is 3.54. The molecule has 0 aliphatic carbocycles. The van der Waals surface area contributed by atoms with Crippen molar-refractivity contribution < 1.29 is 8.42 Å². The van der Waals surface area contributed by atoms with Gasteiger partial charge >= 0.3 is 0 Å². The van der Waals surface area contributed by atoms with Crippen molar-refractivity contribution in [1.29, 1.82) is 0 Å². The maximum absolute atomic E-state index is 12.3. The van der Waals surface area contributed by atoms with E-state index in [1.54, 1.807) is 43.0 Å². The first-order valence-corrected chi connectivity index (χ1v) is 8.66. The van der Waals surface area contributed by atoms with Crippen LogP contribution in [0, 0.1) is 6.92 Å². The van der Waals surface area contributed by atoms with Crippen LogP contribution in [0.2, 0.25) is 0 Å². The minimum absolute atomic E-state index is 0.237. The lowest BCUT2D eigenvalue weighted by Gasteiger charge is -2.11. The summed E-state index contributed by atoms with van der Waals surface area (Å²) in [6.07, 6.45) is 1.97. The second kappa shape index (κ2) is 5.76. The van der Waals surface area contributed by atoms with Crippen LogP contribution >= 0.6 is 11.8 Å². The maximum Gasteiger partial charge on any atom is 0.262 e. The van der Waals surface area contributed by atoms with Gasteiger partial charge in [0.2, 0.25) is 0 Å². The van der Waals surface area contributed by atoms with E-state index in [-0.39, 0.29) is 4.90 Å². The van der Waals surface area contributed by atoms with Gasteiger partial charge in [-0.15, -0.1) is 11.8 Å². The molecule has 0 atom stereocenters. The number of rotatable bonds is 4. The molecule has 2 rings (SSSR count). The van der Waals surface area contributed by atoms with Gasteiger partial charge in [0, 0.05) is 16.3 Å². The predicted molar refractivity (Wildman–Crippen MR) is 84.6 cm³/mol. The Morgan fingerprint density at radius 1 is 1.10 bits per heavy atom. The number of nitrogens with two attached hydrogens (primary N) is 1. The van der Waals surface area contributed by atoms with Crippen molar-refractivity contribution in [2.45, 2.75) is 16.7 Å². The van der Waals surface area contributed by atoms with Crippen LogP contribution in [0.3, 0.4) is 0 Å². The topological polar surface area (TPSA) is 72.2 Å². The molecule has 0 unspecified atom stereocenters. The third-order valence-electron chi connectivity index (χ3n) is 2.83. The van der Waals surface area contributed by atoms with Crippen molar-refractivity contribution in [2.75, 3.05) is 16.7 Å². The van der Waals surface area contributed by atoms with Crippen molar-refractivity contribution in [1.82, 2.24) is 0 Å². The molecule has 0 fully saturated rings. The standard InChI is InChI=1S/C14H16N2O2S2/c1-10-9-11(15)3-8-14(10)20(17,18)16-12-4-6-13(19-2)7-5-12/h3-9,16H,15H2,1-2H3. The number of nitrogens with one attached hydrogen (secondary N) is 1. The van der Waals surface area contributed by atoms with Gasteiger partial charge in [-0.25, -0.2) is 8.42 Å². The van der Waals surface area contributed by atoms with E-state index < -0.39 is 10.0 Å². The van der Waals surface area contributed by atoms with E-state index in [9.17, 15) is 8.42 Å². The highest BCUT2D eigenvalue weighted by atomic mass is 32.2. The van der Waals surface area contributed by atoms with Gasteiger partial charge in [0.25, 0.3) is 10.0 Å². The Hall–Kier alpha value is -1.66. The molecule has 0 heterocycles. The molecule has 0 amide bonds. The van der Waals surface area contributed by atoms with Gasteiger partial charge in [-0.05, 0) is 61.2 Å². The fourth-order valence-electron chi connectivity index (χ4n) is 1.84. The molecular weight excluding hydrogens is 292 g/mol. The van der Waals surface area contributed by atoms with Crippen molar-refractivity contribution >= 4 is 33.2 Å².